The van der Waals surface area contributed by atoms with E-state index in [4.69, 9.17) is 4.74 Å². The molecule has 4 bridgehead atoms. The van der Waals surface area contributed by atoms with E-state index in [1.807, 2.05) is 24.3 Å². The molecule has 0 aliphatic heterocycles. The summed E-state index contributed by atoms with van der Waals surface area (Å²) in [6.07, 6.45) is 8.21. The Morgan fingerprint density at radius 1 is 1.11 bits per heavy atom. The van der Waals surface area contributed by atoms with Gasteiger partial charge in [0.15, 0.2) is 12.4 Å². The van der Waals surface area contributed by atoms with Gasteiger partial charge in [0.1, 0.15) is 0 Å². The second kappa shape index (κ2) is 7.05. The van der Waals surface area contributed by atoms with Gasteiger partial charge in [-0.15, -0.1) is 0 Å². The Hall–Kier alpha value is -1.68. The summed E-state index contributed by atoms with van der Waals surface area (Å²) in [5, 5.41) is 10.8. The van der Waals surface area contributed by atoms with E-state index in [1.165, 1.54) is 5.56 Å². The third-order valence-corrected chi connectivity index (χ3v) is 6.89. The lowest BCUT2D eigenvalue weighted by Crippen LogP contribution is -2.58. The van der Waals surface area contributed by atoms with Crippen LogP contribution in [0.2, 0.25) is 0 Å². The summed E-state index contributed by atoms with van der Waals surface area (Å²) in [5.41, 5.74) is 0.560. The predicted octanol–water partition coefficient (Wildman–Crippen LogP) is 4.09. The van der Waals surface area contributed by atoms with Crippen LogP contribution in [0.4, 0.5) is 0 Å². The first-order chi connectivity index (χ1) is 12.9. The fourth-order valence-corrected chi connectivity index (χ4v) is 6.06. The van der Waals surface area contributed by atoms with Crippen molar-refractivity contribution in [3.05, 3.63) is 35.4 Å². The second-order valence-corrected chi connectivity index (χ2v) is 9.27. The zero-order chi connectivity index (χ0) is 19.1. The number of hydrogen-bond donors (Lipinski definition) is 1. The van der Waals surface area contributed by atoms with E-state index < -0.39 is 11.0 Å². The van der Waals surface area contributed by atoms with Crippen LogP contribution in [-0.2, 0) is 16.0 Å². The first-order valence-electron chi connectivity index (χ1n) is 10.4. The Labute approximate surface area is 161 Å². The molecule has 2 unspecified atom stereocenters. The van der Waals surface area contributed by atoms with Crippen LogP contribution in [0.25, 0.3) is 0 Å². The van der Waals surface area contributed by atoms with Gasteiger partial charge in [0.2, 0.25) is 0 Å². The van der Waals surface area contributed by atoms with E-state index in [-0.39, 0.29) is 18.4 Å². The van der Waals surface area contributed by atoms with Crippen molar-refractivity contribution in [2.75, 3.05) is 6.61 Å². The molecule has 1 N–H and O–H groups in total. The quantitative estimate of drug-likeness (QED) is 0.580. The molecule has 5 rings (SSSR count). The third-order valence-electron chi connectivity index (χ3n) is 6.89. The molecule has 4 fully saturated rings. The monoisotopic (exact) mass is 370 g/mol. The Morgan fingerprint density at radius 2 is 1.78 bits per heavy atom. The van der Waals surface area contributed by atoms with Crippen molar-refractivity contribution in [2.24, 2.45) is 17.3 Å². The molecule has 1 aromatic carbocycles. The lowest BCUT2D eigenvalue weighted by molar-refractivity contribution is -0.195. The standard InChI is InChI=1S/C23H30O4/c1-2-3-4-16-5-7-19(8-6-16)20(24)14-27-21(25)22-10-17-9-18(11-22)13-23(26,12-17)15-22/h5-8,17-18,26H,2-4,9-15H2,1H3. The molecular formula is C23H30O4. The van der Waals surface area contributed by atoms with Gasteiger partial charge in [-0.1, -0.05) is 37.6 Å². The van der Waals surface area contributed by atoms with Crippen molar-refractivity contribution in [1.82, 2.24) is 0 Å². The number of benzene rings is 1. The fraction of sp³-hybridized carbons (Fsp3) is 0.652. The number of ketones is 1. The highest BCUT2D eigenvalue weighted by Gasteiger charge is 2.60. The van der Waals surface area contributed by atoms with Crippen molar-refractivity contribution >= 4 is 11.8 Å². The van der Waals surface area contributed by atoms with Gasteiger partial charge in [-0.2, -0.15) is 0 Å². The van der Waals surface area contributed by atoms with Gasteiger partial charge in [0.25, 0.3) is 0 Å². The Morgan fingerprint density at radius 3 is 2.37 bits per heavy atom. The summed E-state index contributed by atoms with van der Waals surface area (Å²) in [5.74, 6) is 0.419. The van der Waals surface area contributed by atoms with Crippen LogP contribution in [0.15, 0.2) is 24.3 Å². The zero-order valence-electron chi connectivity index (χ0n) is 16.2. The van der Waals surface area contributed by atoms with Crippen molar-refractivity contribution in [1.29, 1.82) is 0 Å². The predicted molar refractivity (Wildman–Crippen MR) is 102 cm³/mol. The van der Waals surface area contributed by atoms with Crippen molar-refractivity contribution in [3.8, 4) is 0 Å². The lowest BCUT2D eigenvalue weighted by atomic mass is 9.48. The molecule has 4 heteroatoms. The third kappa shape index (κ3) is 3.69. The molecule has 0 amide bonds. The maximum absolute atomic E-state index is 12.9. The van der Waals surface area contributed by atoms with Gasteiger partial charge in [-0.05, 0) is 68.8 Å². The summed E-state index contributed by atoms with van der Waals surface area (Å²) in [7, 11) is 0. The van der Waals surface area contributed by atoms with Crippen LogP contribution in [0.3, 0.4) is 0 Å². The minimum Gasteiger partial charge on any atom is -0.457 e. The second-order valence-electron chi connectivity index (χ2n) is 9.27. The van der Waals surface area contributed by atoms with Gasteiger partial charge >= 0.3 is 5.97 Å². The van der Waals surface area contributed by atoms with E-state index in [9.17, 15) is 14.7 Å². The van der Waals surface area contributed by atoms with Crippen molar-refractivity contribution in [2.45, 2.75) is 70.3 Å². The van der Waals surface area contributed by atoms with E-state index in [0.717, 1.165) is 51.4 Å². The first-order valence-corrected chi connectivity index (χ1v) is 10.4. The van der Waals surface area contributed by atoms with Crippen molar-refractivity contribution in [3.63, 3.8) is 0 Å². The number of carbonyl (C=O) groups excluding carboxylic acids is 2. The van der Waals surface area contributed by atoms with Gasteiger partial charge in [-0.3, -0.25) is 9.59 Å². The average Bonchev–Trinajstić information content (AvgIpc) is 2.62. The molecule has 4 aliphatic carbocycles. The number of rotatable bonds is 7. The first kappa shape index (κ1) is 18.7. The SMILES string of the molecule is CCCCc1ccc(C(=O)COC(=O)C23CC4CC(CC(O)(C4)C2)C3)cc1. The molecule has 4 saturated carbocycles. The van der Waals surface area contributed by atoms with Crippen LogP contribution < -0.4 is 0 Å². The fourth-order valence-electron chi connectivity index (χ4n) is 6.06. The zero-order valence-corrected chi connectivity index (χ0v) is 16.2. The maximum Gasteiger partial charge on any atom is 0.312 e. The average molecular weight is 370 g/mol. The summed E-state index contributed by atoms with van der Waals surface area (Å²) in [4.78, 5) is 25.3. The van der Waals surface area contributed by atoms with E-state index in [0.29, 0.717) is 23.8 Å². The van der Waals surface area contributed by atoms with E-state index in [1.54, 1.807) is 0 Å². The van der Waals surface area contributed by atoms with Crippen LogP contribution in [-0.4, -0.2) is 29.1 Å². The number of unbranched alkanes of at least 4 members (excludes halogenated alkanes) is 1. The Bertz CT molecular complexity index is 706. The molecule has 0 aromatic heterocycles. The summed E-state index contributed by atoms with van der Waals surface area (Å²) >= 11 is 0. The molecule has 0 radical (unpaired) electrons. The molecule has 0 heterocycles. The van der Waals surface area contributed by atoms with Gasteiger partial charge in [-0.25, -0.2) is 0 Å². The molecule has 0 saturated heterocycles. The summed E-state index contributed by atoms with van der Waals surface area (Å²) < 4.78 is 5.48. The molecule has 4 aliphatic rings. The minimum absolute atomic E-state index is 0.158. The normalized spacial score (nSPS) is 33.9. The highest BCUT2D eigenvalue weighted by Crippen LogP contribution is 2.61. The van der Waals surface area contributed by atoms with Gasteiger partial charge in [0.05, 0.1) is 11.0 Å². The molecule has 4 nitrogen and oxygen atoms in total. The number of esters is 1. The molecule has 146 valence electrons. The molecule has 27 heavy (non-hydrogen) atoms. The molecule has 1 aromatic rings. The molecular weight excluding hydrogens is 340 g/mol. The molecule has 2 atom stereocenters. The van der Waals surface area contributed by atoms with Crippen LogP contribution in [0, 0.1) is 17.3 Å². The minimum atomic E-state index is -0.693. The highest BCUT2D eigenvalue weighted by atomic mass is 16.5. The van der Waals surface area contributed by atoms with Crippen molar-refractivity contribution < 1.29 is 19.4 Å². The number of aryl methyl sites for hydroxylation is 1. The lowest BCUT2D eigenvalue weighted by Gasteiger charge is -2.58. The van der Waals surface area contributed by atoms with Gasteiger partial charge < -0.3 is 9.84 Å². The van der Waals surface area contributed by atoms with Crippen LogP contribution in [0.1, 0.15) is 74.2 Å². The Balaban J connectivity index is 1.36. The maximum atomic E-state index is 12.9. The summed E-state index contributed by atoms with van der Waals surface area (Å²) in [6, 6.07) is 7.63. The number of aliphatic hydroxyl groups is 1. The number of carbonyl (C=O) groups is 2. The van der Waals surface area contributed by atoms with Gasteiger partial charge in [0, 0.05) is 5.56 Å². The summed E-state index contributed by atoms with van der Waals surface area (Å²) in [6.45, 7) is 1.96. The van der Waals surface area contributed by atoms with Crippen LogP contribution >= 0.6 is 0 Å². The topological polar surface area (TPSA) is 63.6 Å². The number of Topliss-reactive ketones (excluding diaryl/α,β-unsaturated/α-hetero) is 1. The number of hydrogen-bond acceptors (Lipinski definition) is 4. The molecule has 0 spiro atoms. The Kier molecular flexibility index (Phi) is 4.87. The highest BCUT2D eigenvalue weighted by molar-refractivity contribution is 5.98. The van der Waals surface area contributed by atoms with E-state index >= 15 is 0 Å². The van der Waals surface area contributed by atoms with Crippen LogP contribution in [0.5, 0.6) is 0 Å². The number of ether oxygens (including phenoxy) is 1. The smallest absolute Gasteiger partial charge is 0.312 e. The van der Waals surface area contributed by atoms with E-state index in [2.05, 4.69) is 6.92 Å². The largest absolute Gasteiger partial charge is 0.457 e.